The zero-order valence-electron chi connectivity index (χ0n) is 8.98. The van der Waals surface area contributed by atoms with E-state index >= 15 is 0 Å². The van der Waals surface area contributed by atoms with Gasteiger partial charge in [-0.15, -0.1) is 0 Å². The lowest BCUT2D eigenvalue weighted by molar-refractivity contribution is -0.270. The summed E-state index contributed by atoms with van der Waals surface area (Å²) in [5.74, 6) is -7.57. The molecule has 2 atom stereocenters. The smallest absolute Gasteiger partial charge is 0.347 e. The number of alkyl halides is 5. The highest BCUT2D eigenvalue weighted by molar-refractivity contribution is 7.99. The molecule has 1 aliphatic carbocycles. The average molecular weight is 277 g/mol. The fourth-order valence-corrected chi connectivity index (χ4v) is 2.70. The molecule has 0 heterocycles. The largest absolute Gasteiger partial charge is 0.463 e. The average Bonchev–Trinajstić information content (AvgIpc) is 2.63. The lowest BCUT2D eigenvalue weighted by atomic mass is 10.2. The Hall–Kier alpha value is -0.530. The minimum atomic E-state index is -5.84. The van der Waals surface area contributed by atoms with Gasteiger partial charge in [-0.05, 0) is 19.1 Å². The summed E-state index contributed by atoms with van der Waals surface area (Å²) in [6, 6.07) is -0.606. The Kier molecular flexibility index (Phi) is 4.27. The van der Waals surface area contributed by atoms with Crippen LogP contribution < -0.4 is 5.32 Å². The van der Waals surface area contributed by atoms with E-state index in [1.807, 2.05) is 0 Å². The minimum Gasteiger partial charge on any atom is -0.347 e. The molecule has 2 unspecified atom stereocenters. The van der Waals surface area contributed by atoms with Gasteiger partial charge in [-0.25, -0.2) is 0 Å². The van der Waals surface area contributed by atoms with Crippen molar-refractivity contribution >= 4 is 17.7 Å². The van der Waals surface area contributed by atoms with E-state index < -0.39 is 24.0 Å². The third kappa shape index (κ3) is 3.02. The molecule has 0 aliphatic heterocycles. The molecule has 2 nitrogen and oxygen atoms in total. The summed E-state index contributed by atoms with van der Waals surface area (Å²) in [7, 11) is 0. The highest BCUT2D eigenvalue weighted by Gasteiger charge is 2.63. The number of hydrogen-bond acceptors (Lipinski definition) is 2. The molecule has 1 saturated carbocycles. The van der Waals surface area contributed by atoms with Gasteiger partial charge in [-0.3, -0.25) is 4.79 Å². The number of nitrogens with one attached hydrogen (secondary N) is 1. The van der Waals surface area contributed by atoms with Gasteiger partial charge in [0.05, 0.1) is 0 Å². The minimum absolute atomic E-state index is 0.0945. The highest BCUT2D eigenvalue weighted by Crippen LogP contribution is 2.36. The maximum absolute atomic E-state index is 12.7. The maximum atomic E-state index is 12.7. The molecule has 1 aliphatic rings. The van der Waals surface area contributed by atoms with E-state index in [4.69, 9.17) is 0 Å². The van der Waals surface area contributed by atoms with Crippen molar-refractivity contribution in [2.75, 3.05) is 6.26 Å². The van der Waals surface area contributed by atoms with Gasteiger partial charge in [0.1, 0.15) is 0 Å². The predicted octanol–water partition coefficient (Wildman–Crippen LogP) is 2.58. The molecule has 1 N–H and O–H groups in total. The van der Waals surface area contributed by atoms with Crippen molar-refractivity contribution in [1.82, 2.24) is 5.32 Å². The molecule has 0 aromatic rings. The molecule has 100 valence electrons. The summed E-state index contributed by atoms with van der Waals surface area (Å²) >= 11 is 1.36. The SMILES string of the molecule is CSC1CCCC1NC(=O)C(F)(F)C(F)(F)F. The van der Waals surface area contributed by atoms with Gasteiger partial charge < -0.3 is 5.32 Å². The fraction of sp³-hybridized carbons (Fsp3) is 0.889. The van der Waals surface area contributed by atoms with E-state index in [2.05, 4.69) is 0 Å². The van der Waals surface area contributed by atoms with Gasteiger partial charge in [0.2, 0.25) is 0 Å². The quantitative estimate of drug-likeness (QED) is 0.803. The Labute approximate surface area is 99.3 Å². The Morgan fingerprint density at radius 2 is 1.82 bits per heavy atom. The first-order chi connectivity index (χ1) is 7.70. The Morgan fingerprint density at radius 3 is 2.29 bits per heavy atom. The lowest BCUT2D eigenvalue weighted by Crippen LogP contribution is -2.54. The summed E-state index contributed by atoms with van der Waals surface area (Å²) in [5, 5.41) is 1.70. The van der Waals surface area contributed by atoms with Crippen molar-refractivity contribution in [1.29, 1.82) is 0 Å². The molecule has 0 aromatic heterocycles. The van der Waals surface area contributed by atoms with Crippen molar-refractivity contribution in [3.63, 3.8) is 0 Å². The van der Waals surface area contributed by atoms with Crippen LogP contribution in [0.5, 0.6) is 0 Å². The number of thioether (sulfide) groups is 1. The van der Waals surface area contributed by atoms with E-state index in [0.717, 1.165) is 0 Å². The summed E-state index contributed by atoms with van der Waals surface area (Å²) in [5.41, 5.74) is 0. The number of amides is 1. The number of carbonyl (C=O) groups excluding carboxylic acids is 1. The number of rotatable bonds is 3. The van der Waals surface area contributed by atoms with Crippen LogP contribution in [0.25, 0.3) is 0 Å². The maximum Gasteiger partial charge on any atom is 0.463 e. The lowest BCUT2D eigenvalue weighted by Gasteiger charge is -2.24. The topological polar surface area (TPSA) is 29.1 Å². The fourth-order valence-electron chi connectivity index (χ4n) is 1.76. The van der Waals surface area contributed by atoms with Gasteiger partial charge in [0.15, 0.2) is 0 Å². The van der Waals surface area contributed by atoms with Crippen LogP contribution in [0.2, 0.25) is 0 Å². The first kappa shape index (κ1) is 14.5. The first-order valence-corrected chi connectivity index (χ1v) is 6.27. The third-order valence-corrected chi connectivity index (χ3v) is 3.88. The highest BCUT2D eigenvalue weighted by atomic mass is 32.2. The molecule has 1 rings (SSSR count). The van der Waals surface area contributed by atoms with Crippen LogP contribution in [0.15, 0.2) is 0 Å². The second kappa shape index (κ2) is 4.99. The summed E-state index contributed by atoms with van der Waals surface area (Å²) in [6.07, 6.45) is -2.25. The number of hydrogen-bond donors (Lipinski definition) is 1. The molecule has 17 heavy (non-hydrogen) atoms. The zero-order valence-corrected chi connectivity index (χ0v) is 9.80. The molecule has 0 saturated heterocycles. The van der Waals surface area contributed by atoms with Crippen LogP contribution in [0.1, 0.15) is 19.3 Å². The molecule has 1 fully saturated rings. The predicted molar refractivity (Wildman–Crippen MR) is 54.1 cm³/mol. The van der Waals surface area contributed by atoms with Gasteiger partial charge in [0, 0.05) is 11.3 Å². The molecular weight excluding hydrogens is 265 g/mol. The van der Waals surface area contributed by atoms with E-state index in [-0.39, 0.29) is 5.25 Å². The van der Waals surface area contributed by atoms with Gasteiger partial charge in [-0.1, -0.05) is 6.42 Å². The number of halogens is 5. The summed E-state index contributed by atoms with van der Waals surface area (Å²) in [4.78, 5) is 10.9. The van der Waals surface area contributed by atoms with Crippen LogP contribution >= 0.6 is 11.8 Å². The molecular formula is C9H12F5NOS. The van der Waals surface area contributed by atoms with Gasteiger partial charge >= 0.3 is 18.0 Å². The third-order valence-electron chi connectivity index (χ3n) is 2.71. The molecule has 0 radical (unpaired) electrons. The van der Waals surface area contributed by atoms with Crippen molar-refractivity contribution < 1.29 is 26.7 Å². The monoisotopic (exact) mass is 277 g/mol. The van der Waals surface area contributed by atoms with Crippen LogP contribution in [0, 0.1) is 0 Å². The summed E-state index contributed by atoms with van der Waals surface area (Å²) < 4.78 is 61.1. The number of carbonyl (C=O) groups is 1. The Balaban J connectivity index is 2.66. The molecule has 8 heteroatoms. The van der Waals surface area contributed by atoms with Crippen LogP contribution in [0.4, 0.5) is 22.0 Å². The van der Waals surface area contributed by atoms with Crippen LogP contribution in [-0.2, 0) is 4.79 Å². The molecule has 1 amide bonds. The van der Waals surface area contributed by atoms with Crippen molar-refractivity contribution in [3.05, 3.63) is 0 Å². The first-order valence-electron chi connectivity index (χ1n) is 4.98. The molecule has 0 aromatic carbocycles. The van der Waals surface area contributed by atoms with E-state index in [1.54, 1.807) is 11.6 Å². The molecule has 0 bridgehead atoms. The van der Waals surface area contributed by atoms with Gasteiger partial charge in [-0.2, -0.15) is 33.7 Å². The van der Waals surface area contributed by atoms with Crippen molar-refractivity contribution in [3.8, 4) is 0 Å². The molecule has 0 spiro atoms. The standard InChI is InChI=1S/C9H12F5NOS/c1-17-6-4-2-3-5(6)15-7(16)8(10,11)9(12,13)14/h5-6H,2-4H2,1H3,(H,15,16). The van der Waals surface area contributed by atoms with Crippen molar-refractivity contribution in [2.24, 2.45) is 0 Å². The second-order valence-corrected chi connectivity index (χ2v) is 4.93. The summed E-state index contributed by atoms with van der Waals surface area (Å²) in [6.45, 7) is 0. The van der Waals surface area contributed by atoms with E-state index in [9.17, 15) is 26.7 Å². The van der Waals surface area contributed by atoms with E-state index in [1.165, 1.54) is 11.8 Å². The second-order valence-electron chi connectivity index (χ2n) is 3.86. The van der Waals surface area contributed by atoms with E-state index in [0.29, 0.717) is 19.3 Å². The normalized spacial score (nSPS) is 26.0. The Bertz CT molecular complexity index is 294. The van der Waals surface area contributed by atoms with Crippen LogP contribution in [-0.4, -0.2) is 35.6 Å². The Morgan fingerprint density at radius 1 is 1.24 bits per heavy atom. The zero-order chi connectivity index (χ0) is 13.3. The van der Waals surface area contributed by atoms with Crippen molar-refractivity contribution in [2.45, 2.75) is 42.7 Å². The van der Waals surface area contributed by atoms with Crippen LogP contribution in [0.3, 0.4) is 0 Å². The van der Waals surface area contributed by atoms with Gasteiger partial charge in [0.25, 0.3) is 0 Å².